The van der Waals surface area contributed by atoms with Crippen molar-refractivity contribution in [2.24, 2.45) is 34.0 Å². The van der Waals surface area contributed by atoms with Gasteiger partial charge in [0.25, 0.3) is 0 Å². The van der Waals surface area contributed by atoms with Gasteiger partial charge in [0.15, 0.2) is 5.78 Å². The van der Waals surface area contributed by atoms with Crippen molar-refractivity contribution in [2.45, 2.75) is 46.1 Å². The number of carbonyl (C=O) groups excluding carboxylic acids is 4. The molecule has 0 N–H and O–H groups in total. The summed E-state index contributed by atoms with van der Waals surface area (Å²) in [5, 5.41) is 0. The van der Waals surface area contributed by atoms with Crippen LogP contribution in [0.1, 0.15) is 40.0 Å². The van der Waals surface area contributed by atoms with Gasteiger partial charge in [-0.1, -0.05) is 26.5 Å². The Morgan fingerprint density at radius 3 is 2.64 bits per heavy atom. The summed E-state index contributed by atoms with van der Waals surface area (Å²) in [4.78, 5) is 50.5. The maximum atomic E-state index is 13.3. The van der Waals surface area contributed by atoms with Gasteiger partial charge in [0.2, 0.25) is 0 Å². The van der Waals surface area contributed by atoms with E-state index in [1.54, 1.807) is 6.08 Å². The summed E-state index contributed by atoms with van der Waals surface area (Å²) in [6.45, 7) is 9.15. The maximum Gasteiger partial charge on any atom is 0.316 e. The smallest absolute Gasteiger partial charge is 0.316 e. The average Bonchev–Trinajstić information content (AvgIpc) is 2.83. The first kappa shape index (κ1) is 19.1. The number of cyclic esters (lactones) is 1. The Bertz CT molecular complexity index is 823. The van der Waals surface area contributed by atoms with Crippen LogP contribution in [0.15, 0.2) is 24.3 Å². The van der Waals surface area contributed by atoms with Gasteiger partial charge in [0, 0.05) is 12.8 Å². The minimum absolute atomic E-state index is 0.0419. The molecule has 1 unspecified atom stereocenters. The number of esters is 2. The fourth-order valence-electron chi connectivity index (χ4n) is 6.46. The van der Waals surface area contributed by atoms with Gasteiger partial charge < -0.3 is 14.3 Å². The summed E-state index contributed by atoms with van der Waals surface area (Å²) >= 11 is 0. The molecule has 3 fully saturated rings. The van der Waals surface area contributed by atoms with Crippen molar-refractivity contribution in [1.29, 1.82) is 0 Å². The molecule has 2 bridgehead atoms. The summed E-state index contributed by atoms with van der Waals surface area (Å²) < 4.78 is 11.2. The van der Waals surface area contributed by atoms with Crippen molar-refractivity contribution >= 4 is 24.0 Å². The number of ether oxygens (including phenoxy) is 2. The van der Waals surface area contributed by atoms with E-state index < -0.39 is 46.1 Å². The number of aldehydes is 1. The molecule has 0 radical (unpaired) electrons. The molecule has 150 valence electrons. The number of allylic oxidation sites excluding steroid dienone is 2. The highest BCUT2D eigenvalue weighted by Crippen LogP contribution is 2.67. The first-order valence-corrected chi connectivity index (χ1v) is 9.83. The molecule has 0 aromatic rings. The average molecular weight is 386 g/mol. The van der Waals surface area contributed by atoms with Crippen LogP contribution in [0.5, 0.6) is 0 Å². The Morgan fingerprint density at radius 1 is 1.29 bits per heavy atom. The number of ketones is 1. The molecule has 1 aliphatic heterocycles. The van der Waals surface area contributed by atoms with E-state index in [-0.39, 0.29) is 18.3 Å². The van der Waals surface area contributed by atoms with Gasteiger partial charge in [0.05, 0.1) is 5.41 Å². The van der Waals surface area contributed by atoms with Gasteiger partial charge in [-0.2, -0.15) is 0 Å². The van der Waals surface area contributed by atoms with E-state index in [1.165, 1.54) is 13.0 Å². The number of rotatable bonds is 2. The van der Waals surface area contributed by atoms with Crippen LogP contribution in [0.4, 0.5) is 0 Å². The van der Waals surface area contributed by atoms with Gasteiger partial charge in [-0.15, -0.1) is 0 Å². The second-order valence-corrected chi connectivity index (χ2v) is 9.38. The van der Waals surface area contributed by atoms with E-state index in [2.05, 4.69) is 6.58 Å². The molecule has 4 rings (SSSR count). The lowest BCUT2D eigenvalue weighted by molar-refractivity contribution is -0.214. The van der Waals surface area contributed by atoms with Crippen molar-refractivity contribution in [3.05, 3.63) is 24.3 Å². The molecule has 1 saturated heterocycles. The molecule has 4 aliphatic rings. The van der Waals surface area contributed by atoms with Gasteiger partial charge in [-0.25, -0.2) is 0 Å². The molecule has 6 heteroatoms. The number of carbonyl (C=O) groups is 4. The van der Waals surface area contributed by atoms with E-state index in [9.17, 15) is 19.2 Å². The van der Waals surface area contributed by atoms with Crippen LogP contribution in [-0.2, 0) is 28.7 Å². The molecule has 0 aromatic heterocycles. The van der Waals surface area contributed by atoms with Crippen LogP contribution >= 0.6 is 0 Å². The molecule has 0 aromatic carbocycles. The second kappa shape index (κ2) is 5.88. The van der Waals surface area contributed by atoms with Crippen LogP contribution in [0, 0.1) is 34.0 Å². The SMILES string of the molecule is C=C1[C@@H]2CCC3[C@](C2)(C(=O)OC[C@]32C(=O)C=CC(C)(C)[C@H]2C=O)[C@@H]1OC(C)=O. The molecule has 2 saturated carbocycles. The van der Waals surface area contributed by atoms with Crippen molar-refractivity contribution in [2.75, 3.05) is 6.61 Å². The normalized spacial score (nSPS) is 43.5. The maximum absolute atomic E-state index is 13.3. The first-order valence-electron chi connectivity index (χ1n) is 9.83. The summed E-state index contributed by atoms with van der Waals surface area (Å²) in [6.07, 6.45) is 5.11. The lowest BCUT2D eigenvalue weighted by Gasteiger charge is -2.58. The molecule has 28 heavy (non-hydrogen) atoms. The van der Waals surface area contributed by atoms with E-state index in [0.29, 0.717) is 18.4 Å². The standard InChI is InChI=1S/C22H26O6/c1-12-14-5-6-15-21(9-14,18(12)28-13(2)24)19(26)27-11-22(15)16(10-23)20(3,4)8-7-17(22)25/h7-8,10,14-16,18H,1,5-6,9,11H2,2-4H3/t14-,15?,16-,18-,21+,22+/m1/s1. The highest BCUT2D eigenvalue weighted by molar-refractivity contribution is 6.00. The summed E-state index contributed by atoms with van der Waals surface area (Å²) in [7, 11) is 0. The monoisotopic (exact) mass is 386 g/mol. The first-order chi connectivity index (χ1) is 13.1. The summed E-state index contributed by atoms with van der Waals surface area (Å²) in [5.74, 6) is -2.15. The molecule has 6 nitrogen and oxygen atoms in total. The summed E-state index contributed by atoms with van der Waals surface area (Å²) in [5.41, 5.74) is -2.12. The second-order valence-electron chi connectivity index (χ2n) is 9.38. The van der Waals surface area contributed by atoms with Crippen LogP contribution in [0.2, 0.25) is 0 Å². The lowest BCUT2D eigenvalue weighted by atomic mass is 9.46. The Morgan fingerprint density at radius 2 is 2.00 bits per heavy atom. The third-order valence-corrected chi connectivity index (χ3v) is 7.68. The minimum Gasteiger partial charge on any atom is -0.464 e. The number of hydrogen-bond donors (Lipinski definition) is 0. The lowest BCUT2D eigenvalue weighted by Crippen LogP contribution is -2.66. The van der Waals surface area contributed by atoms with Gasteiger partial charge >= 0.3 is 11.9 Å². The zero-order chi connectivity index (χ0) is 20.5. The predicted octanol–water partition coefficient (Wildman–Crippen LogP) is 2.41. The molecule has 1 heterocycles. The summed E-state index contributed by atoms with van der Waals surface area (Å²) in [6, 6.07) is 0. The molecule has 2 spiro atoms. The largest absolute Gasteiger partial charge is 0.464 e. The van der Waals surface area contributed by atoms with E-state index in [4.69, 9.17) is 9.47 Å². The highest BCUT2D eigenvalue weighted by atomic mass is 16.6. The molecular weight excluding hydrogens is 360 g/mol. The Balaban J connectivity index is 1.92. The zero-order valence-electron chi connectivity index (χ0n) is 16.5. The van der Waals surface area contributed by atoms with E-state index in [1.807, 2.05) is 13.8 Å². The van der Waals surface area contributed by atoms with Crippen LogP contribution in [0.25, 0.3) is 0 Å². The third kappa shape index (κ3) is 2.14. The molecular formula is C22H26O6. The number of hydrogen-bond acceptors (Lipinski definition) is 6. The van der Waals surface area contributed by atoms with Crippen LogP contribution in [-0.4, -0.2) is 36.7 Å². The Labute approximate surface area is 164 Å². The van der Waals surface area contributed by atoms with E-state index in [0.717, 1.165) is 12.7 Å². The number of fused-ring (bicyclic) bond motifs is 2. The highest BCUT2D eigenvalue weighted by Gasteiger charge is 2.74. The fourth-order valence-corrected chi connectivity index (χ4v) is 6.46. The fraction of sp³-hybridized carbons (Fsp3) is 0.636. The Hall–Kier alpha value is -2.24. The quantitative estimate of drug-likeness (QED) is 0.411. The third-order valence-electron chi connectivity index (χ3n) is 7.68. The van der Waals surface area contributed by atoms with Crippen molar-refractivity contribution in [3.8, 4) is 0 Å². The van der Waals surface area contributed by atoms with E-state index >= 15 is 0 Å². The topological polar surface area (TPSA) is 86.7 Å². The molecule has 0 amide bonds. The Kier molecular flexibility index (Phi) is 4.01. The zero-order valence-corrected chi connectivity index (χ0v) is 16.5. The van der Waals surface area contributed by atoms with Crippen molar-refractivity contribution < 1.29 is 28.7 Å². The predicted molar refractivity (Wildman–Crippen MR) is 98.8 cm³/mol. The minimum atomic E-state index is -1.15. The van der Waals surface area contributed by atoms with Crippen molar-refractivity contribution in [3.63, 3.8) is 0 Å². The molecule has 6 atom stereocenters. The van der Waals surface area contributed by atoms with Gasteiger partial charge in [0.1, 0.15) is 24.4 Å². The van der Waals surface area contributed by atoms with Crippen LogP contribution < -0.4 is 0 Å². The molecule has 3 aliphatic carbocycles. The van der Waals surface area contributed by atoms with Gasteiger partial charge in [-0.05, 0) is 48.2 Å². The van der Waals surface area contributed by atoms with Gasteiger partial charge in [-0.3, -0.25) is 14.4 Å². The van der Waals surface area contributed by atoms with Crippen LogP contribution in [0.3, 0.4) is 0 Å². The van der Waals surface area contributed by atoms with Crippen molar-refractivity contribution in [1.82, 2.24) is 0 Å².